The van der Waals surface area contributed by atoms with Crippen LogP contribution in [0.2, 0.25) is 0 Å². The van der Waals surface area contributed by atoms with Crippen molar-refractivity contribution in [2.75, 3.05) is 19.5 Å². The zero-order valence-corrected chi connectivity index (χ0v) is 8.19. The molecule has 0 aliphatic carbocycles. The summed E-state index contributed by atoms with van der Waals surface area (Å²) >= 11 is 0. The summed E-state index contributed by atoms with van der Waals surface area (Å²) in [6.07, 6.45) is 0. The second kappa shape index (κ2) is 5.69. The van der Waals surface area contributed by atoms with Gasteiger partial charge in [0.25, 0.3) is 0 Å². The summed E-state index contributed by atoms with van der Waals surface area (Å²) < 4.78 is 16.0. The molecule has 0 spiro atoms. The smallest absolute Gasteiger partial charge is 0.0622 e. The van der Waals surface area contributed by atoms with Crippen molar-refractivity contribution in [3.63, 3.8) is 0 Å². The Morgan fingerprint density at radius 3 is 2.45 bits per heavy atom. The molecule has 0 saturated heterocycles. The predicted octanol–water partition coefficient (Wildman–Crippen LogP) is 0.117. The number of hydrogen-bond acceptors (Lipinski definition) is 3. The van der Waals surface area contributed by atoms with Crippen LogP contribution in [-0.2, 0) is 15.5 Å². The molecule has 3 nitrogen and oxygen atoms in total. The van der Waals surface area contributed by atoms with Gasteiger partial charge in [-0.1, -0.05) is 13.8 Å². The van der Waals surface area contributed by atoms with Gasteiger partial charge in [-0.15, -0.1) is 0 Å². The molecule has 0 aromatic carbocycles. The molecule has 2 atom stereocenters. The van der Waals surface area contributed by atoms with Crippen LogP contribution >= 0.6 is 0 Å². The van der Waals surface area contributed by atoms with Gasteiger partial charge in [0.2, 0.25) is 0 Å². The summed E-state index contributed by atoms with van der Waals surface area (Å²) in [5, 5.41) is 0.193. The normalized spacial score (nSPS) is 16.8. The first-order valence-electron chi connectivity index (χ1n) is 3.69. The molecule has 0 rings (SSSR count). The third-order valence-corrected chi connectivity index (χ3v) is 3.09. The quantitative estimate of drug-likeness (QED) is 0.652. The van der Waals surface area contributed by atoms with Crippen molar-refractivity contribution in [2.45, 2.75) is 25.1 Å². The Morgan fingerprint density at radius 1 is 1.55 bits per heavy atom. The first-order valence-corrected chi connectivity index (χ1v) is 5.07. The van der Waals surface area contributed by atoms with Crippen LogP contribution in [0.4, 0.5) is 0 Å². The molecule has 0 aromatic rings. The van der Waals surface area contributed by atoms with Crippen LogP contribution in [0.3, 0.4) is 0 Å². The Hall–Kier alpha value is 0.0700. The highest BCUT2D eigenvalue weighted by molar-refractivity contribution is 7.85. The van der Waals surface area contributed by atoms with Gasteiger partial charge in [-0.2, -0.15) is 0 Å². The van der Waals surface area contributed by atoms with E-state index >= 15 is 0 Å². The average molecular weight is 179 g/mol. The molecule has 0 radical (unpaired) electrons. The summed E-state index contributed by atoms with van der Waals surface area (Å²) in [5.74, 6) is 0.533. The fraction of sp³-hybridized carbons (Fsp3) is 1.00. The molecule has 11 heavy (non-hydrogen) atoms. The van der Waals surface area contributed by atoms with Crippen molar-refractivity contribution in [3.05, 3.63) is 0 Å². The topological polar surface area (TPSA) is 52.3 Å². The van der Waals surface area contributed by atoms with Gasteiger partial charge in [-0.25, -0.2) is 0 Å². The summed E-state index contributed by atoms with van der Waals surface area (Å²) in [4.78, 5) is 0. The second-order valence-electron chi connectivity index (χ2n) is 2.81. The van der Waals surface area contributed by atoms with E-state index < -0.39 is 10.8 Å². The first kappa shape index (κ1) is 11.1. The van der Waals surface area contributed by atoms with E-state index in [1.807, 2.05) is 13.8 Å². The van der Waals surface area contributed by atoms with Gasteiger partial charge in [0.05, 0.1) is 6.61 Å². The van der Waals surface area contributed by atoms with E-state index in [9.17, 15) is 4.21 Å². The SMILES string of the molecule is COCC(N)CS(=O)C(C)C. The highest BCUT2D eigenvalue weighted by Gasteiger charge is 2.10. The Balaban J connectivity index is 3.57. The summed E-state index contributed by atoms with van der Waals surface area (Å²) in [5.41, 5.74) is 5.60. The van der Waals surface area contributed by atoms with Gasteiger partial charge in [-0.05, 0) is 0 Å². The van der Waals surface area contributed by atoms with Crippen LogP contribution in [0.5, 0.6) is 0 Å². The van der Waals surface area contributed by atoms with Crippen LogP contribution in [0.25, 0.3) is 0 Å². The van der Waals surface area contributed by atoms with Crippen molar-refractivity contribution < 1.29 is 8.95 Å². The maximum absolute atomic E-state index is 11.2. The van der Waals surface area contributed by atoms with E-state index in [1.54, 1.807) is 7.11 Å². The Kier molecular flexibility index (Phi) is 5.72. The van der Waals surface area contributed by atoms with E-state index in [0.29, 0.717) is 12.4 Å². The van der Waals surface area contributed by atoms with E-state index in [0.717, 1.165) is 0 Å². The molecule has 0 bridgehead atoms. The van der Waals surface area contributed by atoms with Crippen LogP contribution in [0.15, 0.2) is 0 Å². The first-order chi connectivity index (χ1) is 5.07. The van der Waals surface area contributed by atoms with Gasteiger partial charge < -0.3 is 10.5 Å². The minimum atomic E-state index is -0.808. The third-order valence-electron chi connectivity index (χ3n) is 1.28. The number of methoxy groups -OCH3 is 1. The lowest BCUT2D eigenvalue weighted by atomic mass is 10.4. The van der Waals surface area contributed by atoms with Crippen molar-refractivity contribution in [1.82, 2.24) is 0 Å². The van der Waals surface area contributed by atoms with Crippen LogP contribution in [0, 0.1) is 0 Å². The molecule has 0 aliphatic rings. The molecule has 2 N–H and O–H groups in total. The maximum atomic E-state index is 11.2. The van der Waals surface area contributed by atoms with Crippen LogP contribution in [-0.4, -0.2) is 35.0 Å². The van der Waals surface area contributed by atoms with E-state index in [1.165, 1.54) is 0 Å². The molecule has 0 fully saturated rings. The van der Waals surface area contributed by atoms with E-state index in [-0.39, 0.29) is 11.3 Å². The minimum absolute atomic E-state index is 0.0942. The molecule has 68 valence electrons. The summed E-state index contributed by atoms with van der Waals surface area (Å²) in [6, 6.07) is -0.0942. The molecule has 0 saturated carbocycles. The zero-order chi connectivity index (χ0) is 8.85. The van der Waals surface area contributed by atoms with Crippen molar-refractivity contribution in [2.24, 2.45) is 5.73 Å². The molecule has 0 aromatic heterocycles. The van der Waals surface area contributed by atoms with Gasteiger partial charge >= 0.3 is 0 Å². The molecule has 4 heteroatoms. The lowest BCUT2D eigenvalue weighted by Gasteiger charge is -2.11. The van der Waals surface area contributed by atoms with Gasteiger partial charge in [0.1, 0.15) is 0 Å². The van der Waals surface area contributed by atoms with Crippen molar-refractivity contribution >= 4 is 10.8 Å². The average Bonchev–Trinajstić information content (AvgIpc) is 1.87. The molecular formula is C7H17NO2S. The van der Waals surface area contributed by atoms with Gasteiger partial charge in [0, 0.05) is 35.0 Å². The van der Waals surface area contributed by atoms with Crippen molar-refractivity contribution in [1.29, 1.82) is 0 Å². The highest BCUT2D eigenvalue weighted by atomic mass is 32.2. The van der Waals surface area contributed by atoms with Crippen LogP contribution in [0.1, 0.15) is 13.8 Å². The Labute approximate surface area is 70.8 Å². The van der Waals surface area contributed by atoms with E-state index in [2.05, 4.69) is 0 Å². The fourth-order valence-corrected chi connectivity index (χ4v) is 1.57. The monoisotopic (exact) mass is 179 g/mol. The summed E-state index contributed by atoms with van der Waals surface area (Å²) in [6.45, 7) is 4.34. The number of rotatable bonds is 5. The molecule has 0 amide bonds. The Bertz CT molecular complexity index is 128. The van der Waals surface area contributed by atoms with Crippen molar-refractivity contribution in [3.8, 4) is 0 Å². The van der Waals surface area contributed by atoms with E-state index in [4.69, 9.17) is 10.5 Å². The third kappa shape index (κ3) is 5.35. The van der Waals surface area contributed by atoms with Gasteiger partial charge in [0.15, 0.2) is 0 Å². The predicted molar refractivity (Wildman–Crippen MR) is 48.0 cm³/mol. The zero-order valence-electron chi connectivity index (χ0n) is 7.37. The number of nitrogens with two attached hydrogens (primary N) is 1. The number of hydrogen-bond donors (Lipinski definition) is 1. The largest absolute Gasteiger partial charge is 0.383 e. The van der Waals surface area contributed by atoms with Crippen LogP contribution < -0.4 is 5.73 Å². The lowest BCUT2D eigenvalue weighted by Crippen LogP contribution is -2.33. The Morgan fingerprint density at radius 2 is 2.09 bits per heavy atom. The fourth-order valence-electron chi connectivity index (χ4n) is 0.666. The lowest BCUT2D eigenvalue weighted by molar-refractivity contribution is 0.186. The standard InChI is InChI=1S/C7H17NO2S/c1-6(2)11(9)5-7(8)4-10-3/h6-7H,4-5,8H2,1-3H3. The molecule has 0 heterocycles. The second-order valence-corrected chi connectivity index (χ2v) is 4.85. The summed E-state index contributed by atoms with van der Waals surface area (Å²) in [7, 11) is 0.787. The molecular weight excluding hydrogens is 162 g/mol. The minimum Gasteiger partial charge on any atom is -0.383 e. The molecule has 0 aliphatic heterocycles. The highest BCUT2D eigenvalue weighted by Crippen LogP contribution is 1.95. The van der Waals surface area contributed by atoms with Gasteiger partial charge in [-0.3, -0.25) is 4.21 Å². The number of ether oxygens (including phenoxy) is 1. The maximum Gasteiger partial charge on any atom is 0.0622 e. The molecule has 2 unspecified atom stereocenters.